The molecule has 38 heavy (non-hydrogen) atoms. The topological polar surface area (TPSA) is 121 Å². The second kappa shape index (κ2) is 11.5. The number of carbonyl (C=O) groups is 6. The molecule has 0 aliphatic rings. The third-order valence-electron chi connectivity index (χ3n) is 5.58. The summed E-state index contributed by atoms with van der Waals surface area (Å²) in [4.78, 5) is 82.5. The van der Waals surface area contributed by atoms with Gasteiger partial charge in [0.15, 0.2) is 24.1 Å². The second-order valence-corrected chi connectivity index (χ2v) is 7.97. The SMILES string of the molecule is O=Cc1ccccc1C(=O)c1cccc(C(=O)OOC(=O)c2cccc(C(=O)c3ccccc3C=O)c2)c1. The largest absolute Gasteiger partial charge is 0.386 e. The molecule has 0 radical (unpaired) electrons. The number of hydrogen-bond donors (Lipinski definition) is 0. The van der Waals surface area contributed by atoms with Crippen molar-refractivity contribution in [3.05, 3.63) is 142 Å². The summed E-state index contributed by atoms with van der Waals surface area (Å²) >= 11 is 0. The first-order valence-corrected chi connectivity index (χ1v) is 11.2. The molecule has 8 nitrogen and oxygen atoms in total. The van der Waals surface area contributed by atoms with Crippen LogP contribution in [0.1, 0.15) is 73.3 Å². The fourth-order valence-electron chi connectivity index (χ4n) is 3.67. The molecule has 0 spiro atoms. The van der Waals surface area contributed by atoms with Crippen molar-refractivity contribution >= 4 is 36.1 Å². The molecule has 0 heterocycles. The third kappa shape index (κ3) is 5.50. The number of rotatable bonds is 8. The van der Waals surface area contributed by atoms with E-state index in [1.54, 1.807) is 24.3 Å². The predicted octanol–water partition coefficient (Wildman–Crippen LogP) is 4.70. The van der Waals surface area contributed by atoms with E-state index >= 15 is 0 Å². The van der Waals surface area contributed by atoms with Gasteiger partial charge in [-0.25, -0.2) is 19.4 Å². The standard InChI is InChI=1S/C30H18O8/c31-17-23-7-1-3-13-25(23)27(33)19-9-5-11-21(15-19)29(35)37-38-30(36)22-12-6-10-20(16-22)28(34)26-14-4-2-8-24(26)18-32/h1-18H. The molecule has 4 rings (SSSR count). The van der Waals surface area contributed by atoms with Gasteiger partial charge in [-0.05, 0) is 24.3 Å². The van der Waals surface area contributed by atoms with E-state index in [1.807, 2.05) is 0 Å². The van der Waals surface area contributed by atoms with Crippen LogP contribution in [-0.2, 0) is 9.78 Å². The molecule has 8 heteroatoms. The predicted molar refractivity (Wildman–Crippen MR) is 134 cm³/mol. The lowest BCUT2D eigenvalue weighted by molar-refractivity contribution is -0.187. The van der Waals surface area contributed by atoms with Crippen molar-refractivity contribution in [3.8, 4) is 0 Å². The van der Waals surface area contributed by atoms with Gasteiger partial charge in [0, 0.05) is 33.4 Å². The molecule has 0 fully saturated rings. The molecule has 0 saturated carbocycles. The van der Waals surface area contributed by atoms with Gasteiger partial charge in [-0.15, -0.1) is 0 Å². The van der Waals surface area contributed by atoms with Crippen LogP contribution in [0.2, 0.25) is 0 Å². The summed E-state index contributed by atoms with van der Waals surface area (Å²) < 4.78 is 0. The Balaban J connectivity index is 1.46. The third-order valence-corrected chi connectivity index (χ3v) is 5.58. The Morgan fingerprint density at radius 2 is 0.842 bits per heavy atom. The maximum Gasteiger partial charge on any atom is 0.386 e. The maximum atomic E-state index is 12.8. The lowest BCUT2D eigenvalue weighted by atomic mass is 9.98. The van der Waals surface area contributed by atoms with E-state index in [9.17, 15) is 28.8 Å². The van der Waals surface area contributed by atoms with Crippen LogP contribution in [0.15, 0.2) is 97.1 Å². The number of hydrogen-bond acceptors (Lipinski definition) is 8. The minimum absolute atomic E-state index is 0.0679. The molecular weight excluding hydrogens is 488 g/mol. The highest BCUT2D eigenvalue weighted by molar-refractivity contribution is 6.14. The molecule has 0 bridgehead atoms. The van der Waals surface area contributed by atoms with Crippen molar-refractivity contribution in [2.45, 2.75) is 0 Å². The van der Waals surface area contributed by atoms with Crippen molar-refractivity contribution in [3.63, 3.8) is 0 Å². The fourth-order valence-corrected chi connectivity index (χ4v) is 3.67. The van der Waals surface area contributed by atoms with Crippen molar-refractivity contribution in [2.24, 2.45) is 0 Å². The van der Waals surface area contributed by atoms with E-state index in [-0.39, 0.29) is 44.5 Å². The lowest BCUT2D eigenvalue weighted by Crippen LogP contribution is -2.13. The average molecular weight is 506 g/mol. The Bertz CT molecular complexity index is 1470. The van der Waals surface area contributed by atoms with Crippen LogP contribution in [0.5, 0.6) is 0 Å². The van der Waals surface area contributed by atoms with Gasteiger partial charge in [-0.3, -0.25) is 19.2 Å². The smallest absolute Gasteiger partial charge is 0.298 e. The number of ketones is 2. The van der Waals surface area contributed by atoms with Gasteiger partial charge >= 0.3 is 11.9 Å². The minimum Gasteiger partial charge on any atom is -0.298 e. The summed E-state index contributed by atoms with van der Waals surface area (Å²) in [6.07, 6.45) is 1.13. The summed E-state index contributed by atoms with van der Waals surface area (Å²) in [6.45, 7) is 0. The maximum absolute atomic E-state index is 12.8. The number of aldehydes is 2. The molecule has 0 aliphatic carbocycles. The zero-order valence-electron chi connectivity index (χ0n) is 19.7. The minimum atomic E-state index is -1.04. The molecule has 0 saturated heterocycles. The molecule has 0 N–H and O–H groups in total. The molecule has 4 aromatic rings. The molecule has 4 aromatic carbocycles. The van der Waals surface area contributed by atoms with Gasteiger partial charge in [0.2, 0.25) is 0 Å². The number of carbonyl (C=O) groups excluding carboxylic acids is 6. The normalized spacial score (nSPS) is 10.2. The molecular formula is C30H18O8. The average Bonchev–Trinajstić information content (AvgIpc) is 2.98. The Morgan fingerprint density at radius 1 is 0.474 bits per heavy atom. The first kappa shape index (κ1) is 25.6. The van der Waals surface area contributed by atoms with E-state index in [0.29, 0.717) is 12.6 Å². The van der Waals surface area contributed by atoms with E-state index in [4.69, 9.17) is 0 Å². The fraction of sp³-hybridized carbons (Fsp3) is 0. The molecule has 0 unspecified atom stereocenters. The van der Waals surface area contributed by atoms with Crippen LogP contribution >= 0.6 is 0 Å². The Labute approximate surface area is 216 Å². The zero-order valence-corrected chi connectivity index (χ0v) is 19.7. The highest BCUT2D eigenvalue weighted by Gasteiger charge is 2.20. The summed E-state index contributed by atoms with van der Waals surface area (Å²) in [5.41, 5.74) is 0.867. The van der Waals surface area contributed by atoms with Gasteiger partial charge in [0.05, 0.1) is 11.1 Å². The molecule has 0 aromatic heterocycles. The highest BCUT2D eigenvalue weighted by Crippen LogP contribution is 2.17. The van der Waals surface area contributed by atoms with Crippen molar-refractivity contribution in [1.29, 1.82) is 0 Å². The van der Waals surface area contributed by atoms with E-state index in [0.717, 1.165) is 0 Å². The summed E-state index contributed by atoms with van der Waals surface area (Å²) in [6, 6.07) is 23.5. The first-order chi connectivity index (χ1) is 18.4. The summed E-state index contributed by atoms with van der Waals surface area (Å²) in [5.74, 6) is -3.03. The van der Waals surface area contributed by atoms with Crippen molar-refractivity contribution < 1.29 is 38.5 Å². The summed E-state index contributed by atoms with van der Waals surface area (Å²) in [5, 5.41) is 0. The molecule has 0 atom stereocenters. The van der Waals surface area contributed by atoms with Crippen LogP contribution < -0.4 is 0 Å². The lowest BCUT2D eigenvalue weighted by Gasteiger charge is -2.07. The summed E-state index contributed by atoms with van der Waals surface area (Å²) in [7, 11) is 0. The Morgan fingerprint density at radius 3 is 1.24 bits per heavy atom. The first-order valence-electron chi connectivity index (χ1n) is 11.2. The van der Waals surface area contributed by atoms with Gasteiger partial charge < -0.3 is 0 Å². The second-order valence-electron chi connectivity index (χ2n) is 7.97. The Hall–Kier alpha value is -5.50. The quantitative estimate of drug-likeness (QED) is 0.146. The van der Waals surface area contributed by atoms with Crippen molar-refractivity contribution in [1.82, 2.24) is 0 Å². The van der Waals surface area contributed by atoms with Crippen LogP contribution in [-0.4, -0.2) is 36.1 Å². The van der Waals surface area contributed by atoms with Gasteiger partial charge in [-0.1, -0.05) is 72.8 Å². The molecule has 186 valence electrons. The number of benzene rings is 4. The van der Waals surface area contributed by atoms with Gasteiger partial charge in [0.25, 0.3) is 0 Å². The van der Waals surface area contributed by atoms with Crippen LogP contribution in [0.4, 0.5) is 0 Å². The highest BCUT2D eigenvalue weighted by atomic mass is 17.2. The Kier molecular flexibility index (Phi) is 7.74. The van der Waals surface area contributed by atoms with E-state index in [1.165, 1.54) is 72.8 Å². The van der Waals surface area contributed by atoms with Crippen LogP contribution in [0.25, 0.3) is 0 Å². The molecule has 0 amide bonds. The van der Waals surface area contributed by atoms with E-state index < -0.39 is 23.5 Å². The van der Waals surface area contributed by atoms with Crippen LogP contribution in [0.3, 0.4) is 0 Å². The zero-order chi connectivity index (χ0) is 27.1. The van der Waals surface area contributed by atoms with E-state index in [2.05, 4.69) is 9.78 Å². The van der Waals surface area contributed by atoms with Crippen LogP contribution in [0, 0.1) is 0 Å². The van der Waals surface area contributed by atoms with Crippen molar-refractivity contribution in [2.75, 3.05) is 0 Å². The molecule has 0 aliphatic heterocycles. The van der Waals surface area contributed by atoms with Gasteiger partial charge in [-0.2, -0.15) is 0 Å². The monoisotopic (exact) mass is 506 g/mol. The van der Waals surface area contributed by atoms with Gasteiger partial charge in [0.1, 0.15) is 0 Å².